The van der Waals surface area contributed by atoms with Crippen LogP contribution >= 0.6 is 0 Å². The molecular formula is C12H23N3O. The molecule has 1 unspecified atom stereocenters. The van der Waals surface area contributed by atoms with Gasteiger partial charge in [-0.3, -0.25) is 0 Å². The summed E-state index contributed by atoms with van der Waals surface area (Å²) in [7, 11) is 0. The van der Waals surface area contributed by atoms with Crippen LogP contribution in [-0.4, -0.2) is 33.3 Å². The van der Waals surface area contributed by atoms with Crippen LogP contribution in [0.5, 0.6) is 0 Å². The van der Waals surface area contributed by atoms with Crippen molar-refractivity contribution in [1.29, 1.82) is 0 Å². The predicted octanol–water partition coefficient (Wildman–Crippen LogP) is 1.33. The summed E-state index contributed by atoms with van der Waals surface area (Å²) in [5, 5.41) is 12.7. The Morgan fingerprint density at radius 1 is 1.56 bits per heavy atom. The lowest BCUT2D eigenvalue weighted by Crippen LogP contribution is -2.45. The third kappa shape index (κ3) is 3.61. The minimum absolute atomic E-state index is 0.150. The van der Waals surface area contributed by atoms with Crippen molar-refractivity contribution >= 4 is 0 Å². The zero-order valence-corrected chi connectivity index (χ0v) is 10.5. The highest BCUT2D eigenvalue weighted by atomic mass is 16.3. The van der Waals surface area contributed by atoms with E-state index in [1.54, 1.807) is 0 Å². The van der Waals surface area contributed by atoms with Gasteiger partial charge in [-0.05, 0) is 33.2 Å². The molecule has 0 saturated heterocycles. The zero-order chi connectivity index (χ0) is 12.0. The summed E-state index contributed by atoms with van der Waals surface area (Å²) in [6.07, 6.45) is 5.83. The van der Waals surface area contributed by atoms with E-state index < -0.39 is 0 Å². The summed E-state index contributed by atoms with van der Waals surface area (Å²) in [4.78, 5) is 4.19. The van der Waals surface area contributed by atoms with Crippen molar-refractivity contribution < 1.29 is 5.11 Å². The molecule has 0 fully saturated rings. The molecule has 1 heterocycles. The van der Waals surface area contributed by atoms with Gasteiger partial charge in [-0.1, -0.05) is 6.92 Å². The Morgan fingerprint density at radius 2 is 2.31 bits per heavy atom. The monoisotopic (exact) mass is 225 g/mol. The topological polar surface area (TPSA) is 50.1 Å². The number of aryl methyl sites for hydroxylation is 2. The number of nitrogens with zero attached hydrogens (tertiary/aromatic N) is 2. The minimum Gasteiger partial charge on any atom is -0.394 e. The minimum atomic E-state index is -0.150. The van der Waals surface area contributed by atoms with Crippen LogP contribution in [0.15, 0.2) is 12.4 Å². The lowest BCUT2D eigenvalue weighted by molar-refractivity contribution is 0.164. The first-order valence-corrected chi connectivity index (χ1v) is 5.95. The Kier molecular flexibility index (Phi) is 4.96. The maximum Gasteiger partial charge on any atom is 0.105 e. The summed E-state index contributed by atoms with van der Waals surface area (Å²) >= 11 is 0. The summed E-state index contributed by atoms with van der Waals surface area (Å²) in [5.74, 6) is 1.05. The molecule has 0 aliphatic heterocycles. The van der Waals surface area contributed by atoms with Crippen LogP contribution < -0.4 is 5.32 Å². The highest BCUT2D eigenvalue weighted by Crippen LogP contribution is 2.12. The van der Waals surface area contributed by atoms with E-state index in [1.807, 2.05) is 19.3 Å². The Morgan fingerprint density at radius 3 is 2.81 bits per heavy atom. The lowest BCUT2D eigenvalue weighted by atomic mass is 9.97. The van der Waals surface area contributed by atoms with E-state index in [-0.39, 0.29) is 12.1 Å². The highest BCUT2D eigenvalue weighted by molar-refractivity contribution is 4.89. The molecule has 1 aromatic heterocycles. The molecule has 0 aromatic carbocycles. The molecule has 4 nitrogen and oxygen atoms in total. The van der Waals surface area contributed by atoms with Gasteiger partial charge in [0.25, 0.3) is 0 Å². The predicted molar refractivity (Wildman–Crippen MR) is 65.4 cm³/mol. The fraction of sp³-hybridized carbons (Fsp3) is 0.750. The Hall–Kier alpha value is -0.870. The quantitative estimate of drug-likeness (QED) is 0.736. The first kappa shape index (κ1) is 13.2. The van der Waals surface area contributed by atoms with Gasteiger partial charge in [0.05, 0.1) is 6.61 Å². The zero-order valence-electron chi connectivity index (χ0n) is 10.5. The largest absolute Gasteiger partial charge is 0.394 e. The van der Waals surface area contributed by atoms with E-state index in [2.05, 4.69) is 28.7 Å². The van der Waals surface area contributed by atoms with E-state index in [4.69, 9.17) is 0 Å². The van der Waals surface area contributed by atoms with Gasteiger partial charge in [0.2, 0.25) is 0 Å². The van der Waals surface area contributed by atoms with E-state index in [1.165, 1.54) is 0 Å². The van der Waals surface area contributed by atoms with Gasteiger partial charge in [0.1, 0.15) is 5.82 Å². The SMILES string of the molecule is CCNC(C)(CO)CCCn1ccnc1C. The van der Waals surface area contributed by atoms with E-state index >= 15 is 0 Å². The van der Waals surface area contributed by atoms with Crippen molar-refractivity contribution in [1.82, 2.24) is 14.9 Å². The Balaban J connectivity index is 2.36. The van der Waals surface area contributed by atoms with Gasteiger partial charge in [-0.25, -0.2) is 4.98 Å². The summed E-state index contributed by atoms with van der Waals surface area (Å²) in [6.45, 7) is 8.18. The van der Waals surface area contributed by atoms with Gasteiger partial charge in [0.15, 0.2) is 0 Å². The second-order valence-corrected chi connectivity index (χ2v) is 4.52. The van der Waals surface area contributed by atoms with Gasteiger partial charge in [-0.15, -0.1) is 0 Å². The van der Waals surface area contributed by atoms with E-state index in [0.29, 0.717) is 0 Å². The van der Waals surface area contributed by atoms with E-state index in [0.717, 1.165) is 31.8 Å². The second-order valence-electron chi connectivity index (χ2n) is 4.52. The number of nitrogens with one attached hydrogen (secondary N) is 1. The van der Waals surface area contributed by atoms with Crippen molar-refractivity contribution in [2.24, 2.45) is 0 Å². The van der Waals surface area contributed by atoms with Crippen molar-refractivity contribution in [3.63, 3.8) is 0 Å². The molecule has 1 aromatic rings. The van der Waals surface area contributed by atoms with Gasteiger partial charge in [0, 0.05) is 24.5 Å². The maximum absolute atomic E-state index is 9.35. The number of aliphatic hydroxyl groups is 1. The number of aromatic nitrogens is 2. The molecule has 1 rings (SSSR count). The molecule has 4 heteroatoms. The summed E-state index contributed by atoms with van der Waals surface area (Å²) < 4.78 is 2.14. The van der Waals surface area contributed by atoms with Crippen LogP contribution in [0.3, 0.4) is 0 Å². The third-order valence-corrected chi connectivity index (χ3v) is 3.00. The first-order valence-electron chi connectivity index (χ1n) is 5.95. The van der Waals surface area contributed by atoms with Crippen LogP contribution in [-0.2, 0) is 6.54 Å². The molecule has 0 amide bonds. The van der Waals surface area contributed by atoms with Gasteiger partial charge < -0.3 is 15.0 Å². The summed E-state index contributed by atoms with van der Waals surface area (Å²) in [6, 6.07) is 0. The Labute approximate surface area is 97.7 Å². The first-order chi connectivity index (χ1) is 7.61. The van der Waals surface area contributed by atoms with E-state index in [9.17, 15) is 5.11 Å². The lowest BCUT2D eigenvalue weighted by Gasteiger charge is -2.28. The highest BCUT2D eigenvalue weighted by Gasteiger charge is 2.20. The van der Waals surface area contributed by atoms with Crippen LogP contribution in [0.2, 0.25) is 0 Å². The average molecular weight is 225 g/mol. The van der Waals surface area contributed by atoms with Crippen LogP contribution in [0.25, 0.3) is 0 Å². The molecule has 2 N–H and O–H groups in total. The number of hydrogen-bond donors (Lipinski definition) is 2. The Bertz CT molecular complexity index is 311. The van der Waals surface area contributed by atoms with Crippen LogP contribution in [0.4, 0.5) is 0 Å². The van der Waals surface area contributed by atoms with Crippen LogP contribution in [0.1, 0.15) is 32.5 Å². The molecule has 0 saturated carbocycles. The maximum atomic E-state index is 9.35. The molecule has 1 atom stereocenters. The fourth-order valence-corrected chi connectivity index (χ4v) is 1.93. The van der Waals surface area contributed by atoms with Gasteiger partial charge >= 0.3 is 0 Å². The fourth-order valence-electron chi connectivity index (χ4n) is 1.93. The van der Waals surface area contributed by atoms with Crippen molar-refractivity contribution in [3.05, 3.63) is 18.2 Å². The number of imidazole rings is 1. The van der Waals surface area contributed by atoms with Crippen LogP contribution in [0, 0.1) is 6.92 Å². The van der Waals surface area contributed by atoms with Gasteiger partial charge in [-0.2, -0.15) is 0 Å². The number of rotatable bonds is 7. The molecule has 16 heavy (non-hydrogen) atoms. The number of aliphatic hydroxyl groups excluding tert-OH is 1. The van der Waals surface area contributed by atoms with Crippen molar-refractivity contribution in [2.45, 2.75) is 45.7 Å². The van der Waals surface area contributed by atoms with Crippen molar-refractivity contribution in [3.8, 4) is 0 Å². The molecular weight excluding hydrogens is 202 g/mol. The normalized spacial score (nSPS) is 15.0. The smallest absolute Gasteiger partial charge is 0.105 e. The second kappa shape index (κ2) is 6.01. The summed E-state index contributed by atoms with van der Waals surface area (Å²) in [5.41, 5.74) is -0.150. The standard InChI is InChI=1S/C12H23N3O/c1-4-14-12(3,10-16)6-5-8-15-9-7-13-11(15)2/h7,9,14,16H,4-6,8,10H2,1-3H3. The van der Waals surface area contributed by atoms with Crippen molar-refractivity contribution in [2.75, 3.05) is 13.2 Å². The number of likely N-dealkylation sites (N-methyl/N-ethyl adjacent to an activating group) is 1. The molecule has 0 aliphatic rings. The molecule has 0 aliphatic carbocycles. The molecule has 0 bridgehead atoms. The number of hydrogen-bond acceptors (Lipinski definition) is 3. The molecule has 92 valence electrons. The molecule has 0 spiro atoms. The average Bonchev–Trinajstić information content (AvgIpc) is 2.65. The third-order valence-electron chi connectivity index (χ3n) is 3.00. The molecule has 0 radical (unpaired) electrons.